The fourth-order valence-corrected chi connectivity index (χ4v) is 2.45. The lowest BCUT2D eigenvalue weighted by Gasteiger charge is -2.37. The van der Waals surface area contributed by atoms with Crippen molar-refractivity contribution in [1.29, 1.82) is 0 Å². The van der Waals surface area contributed by atoms with Crippen molar-refractivity contribution in [3.05, 3.63) is 70.2 Å². The van der Waals surface area contributed by atoms with E-state index < -0.39 is 40.6 Å². The molecule has 0 aromatic heterocycles. The van der Waals surface area contributed by atoms with Crippen LogP contribution in [0.3, 0.4) is 0 Å². The minimum Gasteiger partial charge on any atom is -0.374 e. The molecule has 0 heterocycles. The van der Waals surface area contributed by atoms with Crippen LogP contribution in [0, 0.1) is 0 Å². The summed E-state index contributed by atoms with van der Waals surface area (Å²) < 4.78 is 105. The molecule has 0 saturated heterocycles. The highest BCUT2D eigenvalue weighted by Crippen LogP contribution is 2.52. The lowest BCUT2D eigenvalue weighted by atomic mass is 9.80. The average Bonchev–Trinajstić information content (AvgIpc) is 2.53. The van der Waals surface area contributed by atoms with Crippen molar-refractivity contribution in [3.63, 3.8) is 0 Å². The summed E-state index contributed by atoms with van der Waals surface area (Å²) in [5.41, 5.74) is -7.17. The molecule has 1 atom stereocenters. The van der Waals surface area contributed by atoms with Crippen LogP contribution < -0.4 is 0 Å². The number of halogens is 9. The van der Waals surface area contributed by atoms with Crippen molar-refractivity contribution in [3.8, 4) is 0 Å². The van der Waals surface area contributed by atoms with Crippen LogP contribution in [0.15, 0.2) is 48.5 Å². The summed E-state index contributed by atoms with van der Waals surface area (Å²) in [7, 11) is 0. The van der Waals surface area contributed by atoms with Gasteiger partial charge in [-0.1, -0.05) is 35.9 Å². The first-order valence-corrected chi connectivity index (χ1v) is 7.20. The maximum atomic E-state index is 14.2. The zero-order valence-corrected chi connectivity index (χ0v) is 13.2. The largest absolute Gasteiger partial charge is 0.457 e. The summed E-state index contributed by atoms with van der Waals surface area (Å²) in [5, 5.41) is 10.4. The van der Waals surface area contributed by atoms with E-state index >= 15 is 0 Å². The first-order chi connectivity index (χ1) is 11.7. The molecule has 0 aliphatic heterocycles. The Labute approximate surface area is 146 Å². The average molecular weight is 405 g/mol. The molecule has 0 fully saturated rings. The van der Waals surface area contributed by atoms with E-state index in [2.05, 4.69) is 0 Å². The van der Waals surface area contributed by atoms with Gasteiger partial charge in [-0.15, -0.1) is 0 Å². The Bertz CT molecular complexity index is 765. The maximum Gasteiger partial charge on any atom is 0.457 e. The molecular formula is C16H9ClF8O. The predicted octanol–water partition coefficient (Wildman–Crippen LogP) is 5.79. The molecular weight excluding hydrogens is 396 g/mol. The smallest absolute Gasteiger partial charge is 0.374 e. The fourth-order valence-electron chi connectivity index (χ4n) is 2.33. The standard InChI is InChI=1S/C16H9ClF8O/c17-12-7-5-10(6-8-12)13(26,15(21,22)16(23,24)25)9-1-3-11(4-2-9)14(18,19)20/h1-8,26H. The minimum atomic E-state index is -6.18. The lowest BCUT2D eigenvalue weighted by Crippen LogP contribution is -2.55. The molecule has 2 aromatic rings. The van der Waals surface area contributed by atoms with E-state index in [1.807, 2.05) is 0 Å². The predicted molar refractivity (Wildman–Crippen MR) is 76.9 cm³/mol. The van der Waals surface area contributed by atoms with Crippen molar-refractivity contribution >= 4 is 11.6 Å². The molecule has 0 amide bonds. The van der Waals surface area contributed by atoms with Gasteiger partial charge in [0.1, 0.15) is 0 Å². The number of alkyl halides is 8. The van der Waals surface area contributed by atoms with E-state index in [1.165, 1.54) is 0 Å². The molecule has 0 bridgehead atoms. The molecule has 10 heteroatoms. The second-order valence-electron chi connectivity index (χ2n) is 5.36. The highest BCUT2D eigenvalue weighted by Gasteiger charge is 2.71. The quantitative estimate of drug-likeness (QED) is 0.642. The van der Waals surface area contributed by atoms with Crippen molar-refractivity contribution in [2.24, 2.45) is 0 Å². The van der Waals surface area contributed by atoms with Crippen LogP contribution in [0.4, 0.5) is 35.1 Å². The van der Waals surface area contributed by atoms with Crippen molar-refractivity contribution < 1.29 is 40.2 Å². The van der Waals surface area contributed by atoms with Gasteiger partial charge in [0.2, 0.25) is 0 Å². The highest BCUT2D eigenvalue weighted by atomic mass is 35.5. The summed E-state index contributed by atoms with van der Waals surface area (Å²) in [6.45, 7) is 0. The maximum absolute atomic E-state index is 14.2. The molecule has 1 N–H and O–H groups in total. The van der Waals surface area contributed by atoms with Gasteiger partial charge in [0.25, 0.3) is 0 Å². The van der Waals surface area contributed by atoms with Crippen molar-refractivity contribution in [1.82, 2.24) is 0 Å². The summed E-state index contributed by atoms with van der Waals surface area (Å²) in [6, 6.07) is 4.77. The van der Waals surface area contributed by atoms with Gasteiger partial charge in [0.15, 0.2) is 5.60 Å². The van der Waals surface area contributed by atoms with Crippen LogP contribution >= 0.6 is 11.6 Å². The summed E-state index contributed by atoms with van der Waals surface area (Å²) in [4.78, 5) is 0. The van der Waals surface area contributed by atoms with E-state index in [0.717, 1.165) is 24.3 Å². The molecule has 0 radical (unpaired) electrons. The molecule has 2 rings (SSSR count). The van der Waals surface area contributed by atoms with E-state index in [4.69, 9.17) is 11.6 Å². The monoisotopic (exact) mass is 404 g/mol. The molecule has 1 nitrogen and oxygen atoms in total. The molecule has 0 saturated carbocycles. The van der Waals surface area contributed by atoms with Gasteiger partial charge in [0, 0.05) is 5.02 Å². The SMILES string of the molecule is OC(c1ccc(Cl)cc1)(c1ccc(C(F)(F)F)cc1)C(F)(F)C(F)(F)F. The second-order valence-corrected chi connectivity index (χ2v) is 5.80. The van der Waals surface area contributed by atoms with Crippen LogP contribution in [-0.4, -0.2) is 17.2 Å². The Hall–Kier alpha value is -1.87. The summed E-state index contributed by atoms with van der Waals surface area (Å²) in [5.74, 6) is -5.70. The number of hydrogen-bond donors (Lipinski definition) is 1. The summed E-state index contributed by atoms with van der Waals surface area (Å²) >= 11 is 5.57. The topological polar surface area (TPSA) is 20.2 Å². The number of benzene rings is 2. The Morgan fingerprint density at radius 1 is 0.615 bits per heavy atom. The Morgan fingerprint density at radius 3 is 1.31 bits per heavy atom. The van der Waals surface area contributed by atoms with Gasteiger partial charge in [-0.2, -0.15) is 35.1 Å². The van der Waals surface area contributed by atoms with Crippen molar-refractivity contribution in [2.75, 3.05) is 0 Å². The Balaban J connectivity index is 2.71. The van der Waals surface area contributed by atoms with Gasteiger partial charge < -0.3 is 5.11 Å². The van der Waals surface area contributed by atoms with Gasteiger partial charge in [-0.25, -0.2) is 0 Å². The molecule has 0 spiro atoms. The normalized spacial score (nSPS) is 15.6. The number of hydrogen-bond acceptors (Lipinski definition) is 1. The Morgan fingerprint density at radius 2 is 0.962 bits per heavy atom. The first-order valence-electron chi connectivity index (χ1n) is 6.82. The third kappa shape index (κ3) is 3.37. The number of aliphatic hydroxyl groups is 1. The van der Waals surface area contributed by atoms with Crippen LogP contribution in [0.1, 0.15) is 16.7 Å². The zero-order valence-electron chi connectivity index (χ0n) is 12.5. The lowest BCUT2D eigenvalue weighted by molar-refractivity contribution is -0.336. The minimum absolute atomic E-state index is 0.00107. The zero-order chi connectivity index (χ0) is 20.0. The molecule has 2 aromatic carbocycles. The van der Waals surface area contributed by atoms with Crippen molar-refractivity contribution in [2.45, 2.75) is 23.9 Å². The summed E-state index contributed by atoms with van der Waals surface area (Å²) in [6.07, 6.45) is -11.0. The van der Waals surface area contributed by atoms with Gasteiger partial charge in [-0.05, 0) is 35.4 Å². The van der Waals surface area contributed by atoms with Crippen LogP contribution in [0.2, 0.25) is 5.02 Å². The third-order valence-corrected chi connectivity index (χ3v) is 3.95. The molecule has 0 aliphatic carbocycles. The van der Waals surface area contributed by atoms with Crippen LogP contribution in [-0.2, 0) is 11.8 Å². The van der Waals surface area contributed by atoms with Gasteiger partial charge in [0.05, 0.1) is 5.56 Å². The molecule has 142 valence electrons. The van der Waals surface area contributed by atoms with Crippen LogP contribution in [0.5, 0.6) is 0 Å². The highest BCUT2D eigenvalue weighted by molar-refractivity contribution is 6.30. The molecule has 0 aliphatic rings. The molecule has 26 heavy (non-hydrogen) atoms. The second kappa shape index (κ2) is 6.38. The van der Waals surface area contributed by atoms with Crippen LogP contribution in [0.25, 0.3) is 0 Å². The van der Waals surface area contributed by atoms with E-state index in [-0.39, 0.29) is 5.02 Å². The first kappa shape index (κ1) is 20.4. The van der Waals surface area contributed by atoms with Gasteiger partial charge >= 0.3 is 18.3 Å². The van der Waals surface area contributed by atoms with E-state index in [1.54, 1.807) is 0 Å². The molecule has 1 unspecified atom stereocenters. The fraction of sp³-hybridized carbons (Fsp3) is 0.250. The Kier molecular flexibility index (Phi) is 5.02. The van der Waals surface area contributed by atoms with E-state index in [9.17, 15) is 40.2 Å². The van der Waals surface area contributed by atoms with E-state index in [0.29, 0.717) is 24.3 Å². The van der Waals surface area contributed by atoms with Gasteiger partial charge in [-0.3, -0.25) is 0 Å². The number of rotatable bonds is 3. The third-order valence-electron chi connectivity index (χ3n) is 3.70.